The number of halogens is 1. The number of pyridine rings is 1. The Labute approximate surface area is 96.6 Å². The Morgan fingerprint density at radius 3 is 2.94 bits per heavy atom. The molecule has 0 saturated carbocycles. The van der Waals surface area contributed by atoms with E-state index in [9.17, 15) is 14.9 Å². The fourth-order valence-corrected chi connectivity index (χ4v) is 1.26. The lowest BCUT2D eigenvalue weighted by molar-refractivity contribution is -0.385. The molecule has 0 spiro atoms. The monoisotopic (exact) mass is 238 g/mol. The normalized spacial score (nSPS) is 9.12. The van der Waals surface area contributed by atoms with E-state index < -0.39 is 4.92 Å². The van der Waals surface area contributed by atoms with Crippen LogP contribution in [-0.2, 0) is 4.79 Å². The highest BCUT2D eigenvalue weighted by molar-refractivity contribution is 6.31. The number of hydrogen-bond acceptors (Lipinski definition) is 4. The minimum absolute atomic E-state index is 0.0792. The summed E-state index contributed by atoms with van der Waals surface area (Å²) in [5.41, 5.74) is 0.606. The van der Waals surface area contributed by atoms with Crippen LogP contribution < -0.4 is 0 Å². The van der Waals surface area contributed by atoms with Gasteiger partial charge in [0.25, 0.3) is 0 Å². The van der Waals surface area contributed by atoms with Crippen molar-refractivity contribution in [2.24, 2.45) is 0 Å². The summed E-state index contributed by atoms with van der Waals surface area (Å²) in [6.07, 6.45) is 0.732. The Hall–Kier alpha value is -1.93. The minimum Gasteiger partial charge on any atom is -0.302 e. The molecule has 0 radical (unpaired) electrons. The number of nitrogens with zero attached hydrogens (tertiary/aromatic N) is 2. The summed E-state index contributed by atoms with van der Waals surface area (Å²) in [4.78, 5) is 23.8. The van der Waals surface area contributed by atoms with Gasteiger partial charge in [-0.15, -0.1) is 0 Å². The zero-order valence-electron chi connectivity index (χ0n) is 8.36. The molecule has 0 aliphatic carbocycles. The summed E-state index contributed by atoms with van der Waals surface area (Å²) in [6, 6.07) is 1.25. The molecule has 0 saturated heterocycles. The maximum Gasteiger partial charge on any atom is 0.307 e. The third kappa shape index (κ3) is 2.78. The van der Waals surface area contributed by atoms with E-state index in [1.807, 2.05) is 0 Å². The van der Waals surface area contributed by atoms with Gasteiger partial charge in [-0.05, 0) is 6.92 Å². The standard InChI is InChI=1S/C10H7ClN2O3/c1-7-8(4-2-3-5-14)6-9(13(15)16)10(11)12-7/h5-6H,3H2,1H3. The van der Waals surface area contributed by atoms with E-state index >= 15 is 0 Å². The largest absolute Gasteiger partial charge is 0.307 e. The zero-order valence-corrected chi connectivity index (χ0v) is 9.11. The first-order valence-electron chi connectivity index (χ1n) is 4.30. The lowest BCUT2D eigenvalue weighted by atomic mass is 10.2. The Morgan fingerprint density at radius 1 is 1.69 bits per heavy atom. The molecule has 16 heavy (non-hydrogen) atoms. The predicted octanol–water partition coefficient (Wildman–Crippen LogP) is 1.89. The second-order valence-corrected chi connectivity index (χ2v) is 3.22. The number of nitro groups is 1. The molecule has 1 aromatic heterocycles. The first kappa shape index (κ1) is 12.1. The lowest BCUT2D eigenvalue weighted by Crippen LogP contribution is -1.96. The highest BCUT2D eigenvalue weighted by Crippen LogP contribution is 2.24. The molecular formula is C10H7ClN2O3. The summed E-state index contributed by atoms with van der Waals surface area (Å²) < 4.78 is 0. The molecule has 0 aliphatic heterocycles. The smallest absolute Gasteiger partial charge is 0.302 e. The second kappa shape index (κ2) is 5.24. The number of carbonyl (C=O) groups is 1. The quantitative estimate of drug-likeness (QED) is 0.259. The molecule has 1 heterocycles. The topological polar surface area (TPSA) is 73.1 Å². The molecule has 1 aromatic rings. The van der Waals surface area contributed by atoms with Gasteiger partial charge in [-0.3, -0.25) is 10.1 Å². The van der Waals surface area contributed by atoms with Gasteiger partial charge in [0.15, 0.2) is 0 Å². The molecule has 0 amide bonds. The molecule has 0 aliphatic rings. The number of carbonyl (C=O) groups excluding carboxylic acids is 1. The van der Waals surface area contributed by atoms with Crippen LogP contribution in [0.5, 0.6) is 0 Å². The van der Waals surface area contributed by atoms with Gasteiger partial charge in [0, 0.05) is 6.07 Å². The Morgan fingerprint density at radius 2 is 2.38 bits per heavy atom. The van der Waals surface area contributed by atoms with E-state index in [0.29, 0.717) is 17.5 Å². The van der Waals surface area contributed by atoms with E-state index in [1.165, 1.54) is 6.07 Å². The Kier molecular flexibility index (Phi) is 3.97. The van der Waals surface area contributed by atoms with Crippen molar-refractivity contribution in [3.8, 4) is 11.8 Å². The molecule has 0 atom stereocenters. The number of aryl methyl sites for hydroxylation is 1. The third-order valence-electron chi connectivity index (χ3n) is 1.75. The van der Waals surface area contributed by atoms with Gasteiger partial charge in [-0.25, -0.2) is 4.98 Å². The van der Waals surface area contributed by atoms with Crippen molar-refractivity contribution < 1.29 is 9.72 Å². The van der Waals surface area contributed by atoms with Gasteiger partial charge in [-0.2, -0.15) is 0 Å². The van der Waals surface area contributed by atoms with Crippen LogP contribution in [0.2, 0.25) is 5.15 Å². The lowest BCUT2D eigenvalue weighted by Gasteiger charge is -1.99. The number of aromatic nitrogens is 1. The molecule has 1 rings (SSSR count). The summed E-state index contributed by atoms with van der Waals surface area (Å²) in [7, 11) is 0. The highest BCUT2D eigenvalue weighted by Gasteiger charge is 2.15. The van der Waals surface area contributed by atoms with Crippen LogP contribution in [0.25, 0.3) is 0 Å². The van der Waals surface area contributed by atoms with Crippen LogP contribution in [-0.4, -0.2) is 16.2 Å². The molecule has 82 valence electrons. The van der Waals surface area contributed by atoms with E-state index in [0.717, 1.165) is 0 Å². The Balaban J connectivity index is 3.21. The number of hydrogen-bond donors (Lipinski definition) is 0. The van der Waals surface area contributed by atoms with Crippen molar-refractivity contribution in [1.29, 1.82) is 0 Å². The van der Waals surface area contributed by atoms with Crippen molar-refractivity contribution in [2.75, 3.05) is 0 Å². The molecule has 0 fully saturated rings. The van der Waals surface area contributed by atoms with Crippen LogP contribution in [0.15, 0.2) is 6.07 Å². The van der Waals surface area contributed by atoms with Crippen LogP contribution in [0.4, 0.5) is 5.69 Å². The van der Waals surface area contributed by atoms with E-state index in [-0.39, 0.29) is 17.3 Å². The second-order valence-electron chi connectivity index (χ2n) is 2.86. The van der Waals surface area contributed by atoms with Crippen LogP contribution in [0.3, 0.4) is 0 Å². The van der Waals surface area contributed by atoms with E-state index in [4.69, 9.17) is 11.6 Å². The van der Waals surface area contributed by atoms with Gasteiger partial charge in [0.05, 0.1) is 22.6 Å². The van der Waals surface area contributed by atoms with Gasteiger partial charge < -0.3 is 4.79 Å². The number of rotatable bonds is 2. The van der Waals surface area contributed by atoms with E-state index in [1.54, 1.807) is 6.92 Å². The molecule has 0 N–H and O–H groups in total. The average molecular weight is 239 g/mol. The van der Waals surface area contributed by atoms with Gasteiger partial charge in [0.2, 0.25) is 5.15 Å². The van der Waals surface area contributed by atoms with Crippen LogP contribution in [0, 0.1) is 28.9 Å². The minimum atomic E-state index is -0.625. The zero-order chi connectivity index (χ0) is 12.1. The van der Waals surface area contributed by atoms with Gasteiger partial charge >= 0.3 is 5.69 Å². The average Bonchev–Trinajstić information content (AvgIpc) is 2.21. The summed E-state index contributed by atoms with van der Waals surface area (Å²) in [5.74, 6) is 5.18. The Bertz CT molecular complexity index is 503. The molecule has 5 nitrogen and oxygen atoms in total. The summed E-state index contributed by atoms with van der Waals surface area (Å²) >= 11 is 5.60. The van der Waals surface area contributed by atoms with Crippen molar-refractivity contribution >= 4 is 23.6 Å². The predicted molar refractivity (Wildman–Crippen MR) is 58.2 cm³/mol. The SMILES string of the molecule is Cc1nc(Cl)c([N+](=O)[O-])cc1C#CCC=O. The summed E-state index contributed by atoms with van der Waals surface area (Å²) in [6.45, 7) is 1.64. The van der Waals surface area contributed by atoms with Gasteiger partial charge in [-0.1, -0.05) is 23.4 Å². The van der Waals surface area contributed by atoms with Gasteiger partial charge in [0.1, 0.15) is 6.29 Å². The van der Waals surface area contributed by atoms with Crippen LogP contribution >= 0.6 is 11.6 Å². The first-order valence-corrected chi connectivity index (χ1v) is 4.68. The van der Waals surface area contributed by atoms with E-state index in [2.05, 4.69) is 16.8 Å². The molecule has 0 bridgehead atoms. The molecule has 6 heteroatoms. The molecular weight excluding hydrogens is 232 g/mol. The summed E-state index contributed by atoms with van der Waals surface area (Å²) in [5, 5.41) is 10.4. The maximum atomic E-state index is 10.6. The van der Waals surface area contributed by atoms with Crippen LogP contribution in [0.1, 0.15) is 17.7 Å². The first-order chi connectivity index (χ1) is 7.56. The maximum absolute atomic E-state index is 10.6. The van der Waals surface area contributed by atoms with Crippen molar-refractivity contribution in [2.45, 2.75) is 13.3 Å². The molecule has 0 unspecified atom stereocenters. The molecule has 0 aromatic carbocycles. The fraction of sp³-hybridized carbons (Fsp3) is 0.200. The highest BCUT2D eigenvalue weighted by atomic mass is 35.5. The number of aldehydes is 1. The van der Waals surface area contributed by atoms with Crippen molar-refractivity contribution in [1.82, 2.24) is 4.98 Å². The fourth-order valence-electron chi connectivity index (χ4n) is 1.01. The third-order valence-corrected chi connectivity index (χ3v) is 2.03. The van der Waals surface area contributed by atoms with Crippen molar-refractivity contribution in [3.63, 3.8) is 0 Å². The van der Waals surface area contributed by atoms with Crippen molar-refractivity contribution in [3.05, 3.63) is 32.6 Å².